The van der Waals surface area contributed by atoms with Gasteiger partial charge in [0.05, 0.1) is 26.5 Å². The number of primary sulfonamides is 1. The van der Waals surface area contributed by atoms with Crippen molar-refractivity contribution in [1.82, 2.24) is 5.32 Å². The molecule has 2 aromatic rings. The van der Waals surface area contributed by atoms with Crippen LogP contribution < -0.4 is 10.5 Å². The molecule has 1 aliphatic heterocycles. The Morgan fingerprint density at radius 1 is 0.903 bits per heavy atom. The van der Waals surface area contributed by atoms with Crippen molar-refractivity contribution >= 4 is 29.7 Å². The SMILES string of the molecule is CCc1ccc(S(=O)(=O)[C@H]2CS(=O)(=O)C[C@@H]2NCCc2ccc(S(N)(=O)=O)cc2)cc1. The minimum Gasteiger partial charge on any atom is -0.311 e. The van der Waals surface area contributed by atoms with Crippen molar-refractivity contribution in [2.24, 2.45) is 5.14 Å². The van der Waals surface area contributed by atoms with Gasteiger partial charge in [0.15, 0.2) is 19.7 Å². The number of benzene rings is 2. The lowest BCUT2D eigenvalue weighted by Gasteiger charge is -2.20. The average Bonchev–Trinajstić information content (AvgIpc) is 3.03. The molecule has 1 saturated heterocycles. The fourth-order valence-electron chi connectivity index (χ4n) is 3.65. The Hall–Kier alpha value is -1.79. The zero-order chi connectivity index (χ0) is 22.9. The average molecular weight is 487 g/mol. The van der Waals surface area contributed by atoms with Crippen LogP contribution in [0.15, 0.2) is 58.3 Å². The molecule has 2 atom stereocenters. The maximum atomic E-state index is 13.1. The third-order valence-electron chi connectivity index (χ3n) is 5.43. The highest BCUT2D eigenvalue weighted by Crippen LogP contribution is 2.26. The van der Waals surface area contributed by atoms with Crippen LogP contribution in [0.5, 0.6) is 0 Å². The molecule has 31 heavy (non-hydrogen) atoms. The van der Waals surface area contributed by atoms with Gasteiger partial charge in [-0.15, -0.1) is 0 Å². The van der Waals surface area contributed by atoms with Crippen molar-refractivity contribution in [3.8, 4) is 0 Å². The van der Waals surface area contributed by atoms with Gasteiger partial charge in [-0.25, -0.2) is 30.4 Å². The van der Waals surface area contributed by atoms with Crippen LogP contribution in [0, 0.1) is 0 Å². The third-order valence-corrected chi connectivity index (χ3v) is 10.5. The maximum absolute atomic E-state index is 13.1. The molecule has 1 aliphatic rings. The molecule has 0 radical (unpaired) electrons. The van der Waals surface area contributed by atoms with E-state index in [9.17, 15) is 25.3 Å². The van der Waals surface area contributed by atoms with Crippen molar-refractivity contribution in [3.05, 3.63) is 59.7 Å². The second kappa shape index (κ2) is 8.99. The number of sulfone groups is 2. The summed E-state index contributed by atoms with van der Waals surface area (Å²) in [6.45, 7) is 2.31. The van der Waals surface area contributed by atoms with Gasteiger partial charge in [-0.2, -0.15) is 0 Å². The number of hydrogen-bond acceptors (Lipinski definition) is 7. The summed E-state index contributed by atoms with van der Waals surface area (Å²) < 4.78 is 73.3. The second-order valence-electron chi connectivity index (χ2n) is 7.66. The summed E-state index contributed by atoms with van der Waals surface area (Å²) in [6.07, 6.45) is 1.25. The minimum absolute atomic E-state index is 0.00587. The van der Waals surface area contributed by atoms with Gasteiger partial charge >= 0.3 is 0 Å². The molecular formula is C20H26N2O6S3. The summed E-state index contributed by atoms with van der Waals surface area (Å²) in [5, 5.41) is 7.10. The molecule has 1 heterocycles. The molecule has 2 aromatic carbocycles. The van der Waals surface area contributed by atoms with Crippen LogP contribution in [0.3, 0.4) is 0 Å². The Morgan fingerprint density at radius 3 is 2.00 bits per heavy atom. The van der Waals surface area contributed by atoms with E-state index in [1.54, 1.807) is 24.3 Å². The number of nitrogens with two attached hydrogens (primary N) is 1. The maximum Gasteiger partial charge on any atom is 0.238 e. The predicted molar refractivity (Wildman–Crippen MR) is 119 cm³/mol. The molecule has 0 bridgehead atoms. The first kappa shape index (κ1) is 23.9. The van der Waals surface area contributed by atoms with Crippen molar-refractivity contribution < 1.29 is 25.3 Å². The third kappa shape index (κ3) is 5.72. The molecule has 11 heteroatoms. The van der Waals surface area contributed by atoms with Gasteiger partial charge in [0.1, 0.15) is 0 Å². The Bertz CT molecular complexity index is 1240. The molecular weight excluding hydrogens is 460 g/mol. The lowest BCUT2D eigenvalue weighted by atomic mass is 10.1. The normalized spacial score (nSPS) is 21.2. The van der Waals surface area contributed by atoms with Crippen LogP contribution in [0.25, 0.3) is 0 Å². The topological polar surface area (TPSA) is 140 Å². The molecule has 0 spiro atoms. The van der Waals surface area contributed by atoms with E-state index < -0.39 is 46.7 Å². The molecule has 1 fully saturated rings. The number of hydrogen-bond donors (Lipinski definition) is 2. The van der Waals surface area contributed by atoms with Crippen LogP contribution >= 0.6 is 0 Å². The summed E-state index contributed by atoms with van der Waals surface area (Å²) in [6, 6.07) is 11.9. The van der Waals surface area contributed by atoms with Gasteiger partial charge in [-0.05, 0) is 54.8 Å². The van der Waals surface area contributed by atoms with E-state index in [0.717, 1.165) is 17.5 Å². The zero-order valence-corrected chi connectivity index (χ0v) is 19.5. The van der Waals surface area contributed by atoms with E-state index in [0.29, 0.717) is 13.0 Å². The molecule has 0 amide bonds. The van der Waals surface area contributed by atoms with Crippen LogP contribution in [-0.4, -0.2) is 54.6 Å². The molecule has 3 rings (SSSR count). The monoisotopic (exact) mass is 486 g/mol. The Balaban J connectivity index is 1.71. The van der Waals surface area contributed by atoms with Crippen molar-refractivity contribution in [1.29, 1.82) is 0 Å². The van der Waals surface area contributed by atoms with Crippen LogP contribution in [0.2, 0.25) is 0 Å². The number of rotatable bonds is 8. The first-order chi connectivity index (χ1) is 14.4. The quantitative estimate of drug-likeness (QED) is 0.559. The molecule has 0 unspecified atom stereocenters. The van der Waals surface area contributed by atoms with Crippen molar-refractivity contribution in [2.45, 2.75) is 40.8 Å². The Kier molecular flexibility index (Phi) is 6.92. The van der Waals surface area contributed by atoms with Crippen LogP contribution in [0.4, 0.5) is 0 Å². The summed E-state index contributed by atoms with van der Waals surface area (Å²) in [7, 11) is -11.1. The van der Waals surface area contributed by atoms with Gasteiger partial charge in [-0.1, -0.05) is 31.2 Å². The van der Waals surface area contributed by atoms with Gasteiger partial charge < -0.3 is 5.32 Å². The van der Waals surface area contributed by atoms with E-state index in [2.05, 4.69) is 5.32 Å². The number of nitrogens with one attached hydrogen (secondary N) is 1. The zero-order valence-electron chi connectivity index (χ0n) is 17.1. The number of sulfonamides is 1. The lowest BCUT2D eigenvalue weighted by Crippen LogP contribution is -2.44. The number of aryl methyl sites for hydroxylation is 1. The predicted octanol–water partition coefficient (Wildman–Crippen LogP) is 0.668. The highest BCUT2D eigenvalue weighted by atomic mass is 32.2. The van der Waals surface area contributed by atoms with Gasteiger partial charge in [0.2, 0.25) is 10.0 Å². The Morgan fingerprint density at radius 2 is 1.45 bits per heavy atom. The molecule has 3 N–H and O–H groups in total. The highest BCUT2D eigenvalue weighted by molar-refractivity contribution is 7.96. The van der Waals surface area contributed by atoms with Crippen LogP contribution in [0.1, 0.15) is 18.1 Å². The fourth-order valence-corrected chi connectivity index (χ4v) is 8.88. The molecule has 170 valence electrons. The summed E-state index contributed by atoms with van der Waals surface area (Å²) in [5.41, 5.74) is 1.82. The first-order valence-corrected chi connectivity index (χ1v) is 14.7. The summed E-state index contributed by atoms with van der Waals surface area (Å²) >= 11 is 0. The minimum atomic E-state index is -3.82. The van der Waals surface area contributed by atoms with Crippen LogP contribution in [-0.2, 0) is 42.5 Å². The molecule has 0 aliphatic carbocycles. The second-order valence-corrected chi connectivity index (χ2v) is 13.5. The van der Waals surface area contributed by atoms with Crippen molar-refractivity contribution in [2.75, 3.05) is 18.1 Å². The van der Waals surface area contributed by atoms with E-state index in [1.807, 2.05) is 6.92 Å². The van der Waals surface area contributed by atoms with Gasteiger partial charge in [-0.3, -0.25) is 0 Å². The summed E-state index contributed by atoms with van der Waals surface area (Å²) in [4.78, 5) is 0.128. The molecule has 0 saturated carbocycles. The Labute approximate surface area is 183 Å². The van der Waals surface area contributed by atoms with E-state index in [1.165, 1.54) is 24.3 Å². The largest absolute Gasteiger partial charge is 0.311 e. The van der Waals surface area contributed by atoms with Gasteiger partial charge in [0.25, 0.3) is 0 Å². The van der Waals surface area contributed by atoms with E-state index in [-0.39, 0.29) is 15.5 Å². The first-order valence-electron chi connectivity index (χ1n) is 9.81. The van der Waals surface area contributed by atoms with E-state index in [4.69, 9.17) is 5.14 Å². The van der Waals surface area contributed by atoms with E-state index >= 15 is 0 Å². The highest BCUT2D eigenvalue weighted by Gasteiger charge is 2.45. The van der Waals surface area contributed by atoms with Gasteiger partial charge in [0, 0.05) is 6.04 Å². The fraction of sp³-hybridized carbons (Fsp3) is 0.400. The lowest BCUT2D eigenvalue weighted by molar-refractivity contribution is 0.528. The summed E-state index contributed by atoms with van der Waals surface area (Å²) in [5.74, 6) is -0.653. The van der Waals surface area contributed by atoms with Crippen molar-refractivity contribution in [3.63, 3.8) is 0 Å². The molecule has 0 aromatic heterocycles. The smallest absolute Gasteiger partial charge is 0.238 e. The molecule has 8 nitrogen and oxygen atoms in total. The standard InChI is InChI=1S/C20H26N2O6S3/c1-2-15-3-7-17(8-4-15)30(25,26)20-14-29(23,24)13-19(20)22-12-11-16-5-9-18(10-6-16)31(21,27)28/h3-10,19-20,22H,2,11-14H2,1H3,(H2,21,27,28)/t19-,20-/m0/s1.